The van der Waals surface area contributed by atoms with E-state index in [9.17, 15) is 4.79 Å². The van der Waals surface area contributed by atoms with Gasteiger partial charge < -0.3 is 9.47 Å². The van der Waals surface area contributed by atoms with Gasteiger partial charge in [0.2, 0.25) is 0 Å². The number of carbonyl (C=O) groups is 1. The monoisotopic (exact) mass is 246 g/mol. The van der Waals surface area contributed by atoms with Crippen molar-refractivity contribution in [2.75, 3.05) is 6.61 Å². The van der Waals surface area contributed by atoms with E-state index < -0.39 is 10.3 Å². The second-order valence-electron chi connectivity index (χ2n) is 4.92. The molecule has 0 aliphatic heterocycles. The van der Waals surface area contributed by atoms with E-state index in [0.717, 1.165) is 0 Å². The smallest absolute Gasteiger partial charge is 0.322 e. The highest BCUT2D eigenvalue weighted by atomic mass is 32.2. The van der Waals surface area contributed by atoms with Crippen LogP contribution in [-0.4, -0.2) is 22.9 Å². The minimum Gasteiger partial charge on any atom is -0.488 e. The van der Waals surface area contributed by atoms with Crippen LogP contribution >= 0.6 is 11.8 Å². The van der Waals surface area contributed by atoms with E-state index in [1.54, 1.807) is 13.8 Å². The predicted molar refractivity (Wildman–Crippen MR) is 68.3 cm³/mol. The molecule has 3 nitrogen and oxygen atoms in total. The first kappa shape index (κ1) is 15.4. The number of ether oxygens (including phenoxy) is 2. The molecule has 0 atom stereocenters. The van der Waals surface area contributed by atoms with Crippen LogP contribution in [0.25, 0.3) is 0 Å². The Morgan fingerprint density at radius 2 is 1.75 bits per heavy atom. The summed E-state index contributed by atoms with van der Waals surface area (Å²) in [6.07, 6.45) is 0. The van der Waals surface area contributed by atoms with Crippen LogP contribution in [0.1, 0.15) is 41.5 Å². The van der Waals surface area contributed by atoms with Crippen LogP contribution in [0.5, 0.6) is 0 Å². The molecule has 0 bridgehead atoms. The lowest BCUT2D eigenvalue weighted by Crippen LogP contribution is -2.36. The van der Waals surface area contributed by atoms with Crippen LogP contribution in [0.15, 0.2) is 11.7 Å². The van der Waals surface area contributed by atoms with Gasteiger partial charge in [0, 0.05) is 0 Å². The maximum atomic E-state index is 11.9. The minimum atomic E-state index is -0.681. The molecule has 0 aliphatic rings. The van der Waals surface area contributed by atoms with Gasteiger partial charge in [0.05, 0.1) is 6.61 Å². The predicted octanol–water partition coefficient (Wildman–Crippen LogP) is 3.35. The zero-order valence-corrected chi connectivity index (χ0v) is 11.9. The molecule has 0 aromatic heterocycles. The maximum Gasteiger partial charge on any atom is 0.322 e. The molecule has 16 heavy (non-hydrogen) atoms. The molecule has 0 saturated heterocycles. The van der Waals surface area contributed by atoms with Crippen molar-refractivity contribution in [2.24, 2.45) is 0 Å². The SMILES string of the molecule is C=C(OCC)SC(C)(C)C(=O)OC(C)(C)C. The molecular formula is C12H22O3S. The van der Waals surface area contributed by atoms with Crippen molar-refractivity contribution < 1.29 is 14.3 Å². The number of thioether (sulfide) groups is 1. The van der Waals surface area contributed by atoms with Crippen LogP contribution in [0.4, 0.5) is 0 Å². The summed E-state index contributed by atoms with van der Waals surface area (Å²) in [7, 11) is 0. The summed E-state index contributed by atoms with van der Waals surface area (Å²) in [5.41, 5.74) is -0.470. The van der Waals surface area contributed by atoms with Gasteiger partial charge >= 0.3 is 5.97 Å². The summed E-state index contributed by atoms with van der Waals surface area (Å²) < 4.78 is 9.86. The number of hydrogen-bond donors (Lipinski definition) is 0. The highest BCUT2D eigenvalue weighted by Gasteiger charge is 2.34. The van der Waals surface area contributed by atoms with Crippen LogP contribution in [-0.2, 0) is 14.3 Å². The van der Waals surface area contributed by atoms with Gasteiger partial charge in [-0.25, -0.2) is 0 Å². The third-order valence-electron chi connectivity index (χ3n) is 1.56. The van der Waals surface area contributed by atoms with Gasteiger partial charge in [0.1, 0.15) is 15.4 Å². The lowest BCUT2D eigenvalue weighted by Gasteiger charge is -2.28. The average molecular weight is 246 g/mol. The molecular weight excluding hydrogens is 224 g/mol. The lowest BCUT2D eigenvalue weighted by atomic mass is 10.1. The second-order valence-corrected chi connectivity index (χ2v) is 6.60. The molecule has 0 rings (SSSR count). The molecule has 0 N–H and O–H groups in total. The van der Waals surface area contributed by atoms with Crippen LogP contribution in [0.3, 0.4) is 0 Å². The fraction of sp³-hybridized carbons (Fsp3) is 0.750. The molecule has 0 amide bonds. The van der Waals surface area contributed by atoms with E-state index in [0.29, 0.717) is 11.7 Å². The molecule has 0 radical (unpaired) electrons. The van der Waals surface area contributed by atoms with E-state index in [2.05, 4.69) is 6.58 Å². The van der Waals surface area contributed by atoms with Gasteiger partial charge in [-0.2, -0.15) is 0 Å². The summed E-state index contributed by atoms with van der Waals surface area (Å²) in [6.45, 7) is 15.3. The number of rotatable bonds is 5. The Morgan fingerprint density at radius 1 is 1.25 bits per heavy atom. The third kappa shape index (κ3) is 6.05. The molecule has 0 unspecified atom stereocenters. The zero-order chi connectivity index (χ0) is 13.0. The van der Waals surface area contributed by atoms with Crippen LogP contribution < -0.4 is 0 Å². The lowest BCUT2D eigenvalue weighted by molar-refractivity contribution is -0.156. The highest BCUT2D eigenvalue weighted by molar-refractivity contribution is 8.04. The Morgan fingerprint density at radius 3 is 2.12 bits per heavy atom. The molecule has 0 saturated carbocycles. The third-order valence-corrected chi connectivity index (χ3v) is 2.59. The molecule has 0 heterocycles. The fourth-order valence-corrected chi connectivity index (χ4v) is 1.79. The van der Waals surface area contributed by atoms with Gasteiger partial charge in [-0.1, -0.05) is 11.8 Å². The van der Waals surface area contributed by atoms with E-state index in [4.69, 9.17) is 9.47 Å². The highest BCUT2D eigenvalue weighted by Crippen LogP contribution is 2.33. The van der Waals surface area contributed by atoms with Crippen LogP contribution in [0.2, 0.25) is 0 Å². The first-order valence-electron chi connectivity index (χ1n) is 5.32. The second kappa shape index (κ2) is 5.62. The topological polar surface area (TPSA) is 35.5 Å². The molecule has 0 aromatic rings. The normalized spacial score (nSPS) is 12.1. The first-order valence-corrected chi connectivity index (χ1v) is 6.14. The Balaban J connectivity index is 4.42. The first-order chi connectivity index (χ1) is 7.08. The van der Waals surface area contributed by atoms with E-state index in [-0.39, 0.29) is 5.97 Å². The molecule has 0 aliphatic carbocycles. The molecule has 4 heteroatoms. The largest absolute Gasteiger partial charge is 0.488 e. The van der Waals surface area contributed by atoms with Crippen molar-refractivity contribution in [1.29, 1.82) is 0 Å². The number of hydrogen-bond acceptors (Lipinski definition) is 4. The van der Waals surface area contributed by atoms with Crippen molar-refractivity contribution in [3.8, 4) is 0 Å². The van der Waals surface area contributed by atoms with E-state index in [1.807, 2.05) is 27.7 Å². The molecule has 94 valence electrons. The van der Waals surface area contributed by atoms with E-state index >= 15 is 0 Å². The summed E-state index contributed by atoms with van der Waals surface area (Å²) in [5.74, 6) is -0.258. The summed E-state index contributed by atoms with van der Waals surface area (Å²) in [6, 6.07) is 0. The Hall–Kier alpha value is -0.640. The fourth-order valence-electron chi connectivity index (χ4n) is 0.918. The molecule has 0 fully saturated rings. The Kier molecular flexibility index (Phi) is 5.39. The standard InChI is InChI=1S/C12H22O3S/c1-8-14-9(2)16-12(6,7)10(13)15-11(3,4)5/h2,8H2,1,3-7H3. The van der Waals surface area contributed by atoms with Crippen molar-refractivity contribution >= 4 is 17.7 Å². The van der Waals surface area contributed by atoms with Gasteiger partial charge in [-0.05, 0) is 48.1 Å². The minimum absolute atomic E-state index is 0.258. The molecule has 0 spiro atoms. The zero-order valence-electron chi connectivity index (χ0n) is 11.0. The number of esters is 1. The quantitative estimate of drug-likeness (QED) is 0.550. The van der Waals surface area contributed by atoms with Crippen molar-refractivity contribution in [2.45, 2.75) is 51.9 Å². The van der Waals surface area contributed by atoms with Crippen molar-refractivity contribution in [1.82, 2.24) is 0 Å². The summed E-state index contributed by atoms with van der Waals surface area (Å²) >= 11 is 1.28. The van der Waals surface area contributed by atoms with Gasteiger partial charge in [0.15, 0.2) is 0 Å². The van der Waals surface area contributed by atoms with Gasteiger partial charge in [-0.3, -0.25) is 4.79 Å². The van der Waals surface area contributed by atoms with Crippen LogP contribution in [0, 0.1) is 0 Å². The summed E-state index contributed by atoms with van der Waals surface area (Å²) in [4.78, 5) is 11.9. The van der Waals surface area contributed by atoms with Crippen molar-refractivity contribution in [3.63, 3.8) is 0 Å². The Bertz CT molecular complexity index is 264. The van der Waals surface area contributed by atoms with E-state index in [1.165, 1.54) is 11.8 Å². The number of carbonyl (C=O) groups excluding carboxylic acids is 1. The Labute approximate surface area is 103 Å². The molecule has 0 aromatic carbocycles. The van der Waals surface area contributed by atoms with Crippen molar-refractivity contribution in [3.05, 3.63) is 11.7 Å². The van der Waals surface area contributed by atoms with Gasteiger partial charge in [-0.15, -0.1) is 0 Å². The maximum absolute atomic E-state index is 11.9. The average Bonchev–Trinajstić information content (AvgIpc) is 1.99. The van der Waals surface area contributed by atoms with Gasteiger partial charge in [0.25, 0.3) is 0 Å². The summed E-state index contributed by atoms with van der Waals surface area (Å²) in [5, 5.41) is 0.540.